The highest BCUT2D eigenvalue weighted by atomic mass is 32.2. The van der Waals surface area contributed by atoms with Crippen LogP contribution in [0.3, 0.4) is 0 Å². The van der Waals surface area contributed by atoms with Gasteiger partial charge >= 0.3 is 0 Å². The van der Waals surface area contributed by atoms with E-state index in [2.05, 4.69) is 293 Å². The van der Waals surface area contributed by atoms with Gasteiger partial charge in [-0.2, -0.15) is 0 Å². The van der Waals surface area contributed by atoms with Gasteiger partial charge in [0, 0.05) is 78.9 Å². The fraction of sp³-hybridized carbons (Fsp3) is 0.256. The number of hydrogen-bond acceptors (Lipinski definition) is 2. The van der Waals surface area contributed by atoms with E-state index in [1.54, 1.807) is 0 Å². The van der Waals surface area contributed by atoms with Gasteiger partial charge in [0.15, 0.2) is 9.79 Å². The Balaban J connectivity index is 1.02. The van der Waals surface area contributed by atoms with Crippen molar-refractivity contribution >= 4 is 80.2 Å². The van der Waals surface area contributed by atoms with Gasteiger partial charge in [0.05, 0.1) is 11.4 Å². The summed E-state index contributed by atoms with van der Waals surface area (Å²) < 4.78 is 0. The summed E-state index contributed by atoms with van der Waals surface area (Å²) in [6.07, 6.45) is 28.1. The largest absolute Gasteiger partial charge is 0.310 e. The lowest BCUT2D eigenvalue weighted by atomic mass is 10.0. The van der Waals surface area contributed by atoms with Crippen LogP contribution in [0.25, 0.3) is 24.3 Å². The minimum atomic E-state index is -0.0693. The van der Waals surface area contributed by atoms with E-state index in [-0.39, 0.29) is 21.8 Å². The van der Waals surface area contributed by atoms with Crippen molar-refractivity contribution in [1.29, 1.82) is 0 Å². The second-order valence-electron chi connectivity index (χ2n) is 22.1. The van der Waals surface area contributed by atoms with Crippen molar-refractivity contribution in [2.45, 2.75) is 126 Å². The summed E-state index contributed by atoms with van der Waals surface area (Å²) in [5.41, 5.74) is 20.3. The van der Waals surface area contributed by atoms with Crippen LogP contribution in [-0.2, 0) is 59.0 Å². The molecule has 0 aromatic heterocycles. The Labute approximate surface area is 499 Å². The topological polar surface area (TPSA) is 6.48 Å². The molecule has 4 heteroatoms. The van der Waals surface area contributed by atoms with Crippen LogP contribution in [0.4, 0.5) is 34.1 Å². The maximum atomic E-state index is 2.47. The molecular weight excluding hydrogens is 1030 g/mol. The van der Waals surface area contributed by atoms with Crippen LogP contribution in [0.5, 0.6) is 0 Å². The summed E-state index contributed by atoms with van der Waals surface area (Å²) in [4.78, 5) is 7.67. The van der Waals surface area contributed by atoms with E-state index < -0.39 is 0 Å². The van der Waals surface area contributed by atoms with Crippen molar-refractivity contribution in [3.8, 4) is 0 Å². The number of nitrogens with zero attached hydrogens (tertiary/aromatic N) is 2. The number of anilines is 6. The molecule has 9 aromatic rings. The Hall–Kier alpha value is -7.24. The van der Waals surface area contributed by atoms with Crippen molar-refractivity contribution in [2.24, 2.45) is 0 Å². The van der Waals surface area contributed by atoms with Crippen LogP contribution in [0.15, 0.2) is 228 Å². The molecule has 2 nitrogen and oxygen atoms in total. The molecule has 0 aliphatic rings. The molecule has 0 aliphatic heterocycles. The van der Waals surface area contributed by atoms with Gasteiger partial charge in [-0.05, 0) is 170 Å². The van der Waals surface area contributed by atoms with Crippen molar-refractivity contribution < 1.29 is 0 Å². The van der Waals surface area contributed by atoms with Gasteiger partial charge in [0.2, 0.25) is 0 Å². The van der Waals surface area contributed by atoms with Gasteiger partial charge < -0.3 is 9.80 Å². The molecule has 0 saturated heterocycles. The van der Waals surface area contributed by atoms with Crippen LogP contribution >= 0.6 is 0 Å². The molecule has 9 aromatic carbocycles. The Bertz CT molecular complexity index is 3370. The Morgan fingerprint density at radius 2 is 0.622 bits per heavy atom. The van der Waals surface area contributed by atoms with E-state index >= 15 is 0 Å². The Morgan fingerprint density at radius 1 is 0.293 bits per heavy atom. The lowest BCUT2D eigenvalue weighted by molar-refractivity contribution is 0.795. The second-order valence-corrected chi connectivity index (χ2v) is 26.1. The van der Waals surface area contributed by atoms with Crippen LogP contribution < -0.4 is 9.80 Å². The van der Waals surface area contributed by atoms with Crippen molar-refractivity contribution in [3.05, 3.63) is 274 Å². The predicted octanol–water partition coefficient (Wildman–Crippen LogP) is 22.0. The summed E-state index contributed by atoms with van der Waals surface area (Å²) in [7, 11) is -0.138. The minimum absolute atomic E-state index is 0.0683. The zero-order valence-electron chi connectivity index (χ0n) is 49.7. The normalized spacial score (nSPS) is 12.3. The average Bonchev–Trinajstić information content (AvgIpc) is 3.47. The average molecular weight is 1120 g/mol. The fourth-order valence-electron chi connectivity index (χ4n) is 10.8. The first-order valence-corrected chi connectivity index (χ1v) is 33.9. The van der Waals surface area contributed by atoms with Gasteiger partial charge in [-0.15, -0.1) is 0 Å². The van der Waals surface area contributed by atoms with Crippen LogP contribution in [0.2, 0.25) is 0 Å². The first-order valence-electron chi connectivity index (χ1n) is 30.3. The third kappa shape index (κ3) is 16.5. The molecule has 0 heterocycles. The smallest absolute Gasteiger partial charge is 0.164 e. The summed E-state index contributed by atoms with van der Waals surface area (Å²) in [5, 5.41) is 0. The van der Waals surface area contributed by atoms with Crippen LogP contribution in [0.1, 0.15) is 135 Å². The summed E-state index contributed by atoms with van der Waals surface area (Å²) >= 11 is 0. The van der Waals surface area contributed by atoms with Gasteiger partial charge in [-0.3, -0.25) is 0 Å². The number of unbranched alkanes of at least 4 members (excludes halogenated alkanes) is 4. The number of hydrogen-bond donors (Lipinski definition) is 0. The number of benzene rings is 9. The Morgan fingerprint density at radius 3 is 1.00 bits per heavy atom. The maximum absolute atomic E-state index is 2.47. The molecule has 0 fully saturated rings. The molecule has 0 N–H and O–H groups in total. The molecule has 9 rings (SSSR count). The molecule has 2 atom stereocenters. The van der Waals surface area contributed by atoms with Crippen molar-refractivity contribution in [2.75, 3.05) is 22.3 Å². The van der Waals surface area contributed by atoms with E-state index in [4.69, 9.17) is 0 Å². The first-order chi connectivity index (χ1) is 40.3. The molecule has 0 radical (unpaired) electrons. The molecule has 0 amide bonds. The highest BCUT2D eigenvalue weighted by molar-refractivity contribution is 7.95. The minimum Gasteiger partial charge on any atom is -0.310 e. The van der Waals surface area contributed by atoms with Crippen molar-refractivity contribution in [1.82, 2.24) is 0 Å². The third-order valence-electron chi connectivity index (χ3n) is 15.6. The molecule has 82 heavy (non-hydrogen) atoms. The second kappa shape index (κ2) is 30.7. The molecule has 0 bridgehead atoms. The van der Waals surface area contributed by atoms with E-state index in [9.17, 15) is 0 Å². The number of rotatable bonds is 28. The lowest BCUT2D eigenvalue weighted by Crippen LogP contribution is -2.13. The zero-order valence-corrected chi connectivity index (χ0v) is 51.3. The molecule has 0 aliphatic carbocycles. The summed E-state index contributed by atoms with van der Waals surface area (Å²) in [5.74, 6) is 1.97. The predicted molar refractivity (Wildman–Crippen MR) is 364 cm³/mol. The van der Waals surface area contributed by atoms with Crippen molar-refractivity contribution in [3.63, 3.8) is 0 Å². The van der Waals surface area contributed by atoms with Crippen LogP contribution in [-0.4, -0.2) is 12.5 Å². The molecule has 0 spiro atoms. The number of aryl methyl sites for hydroxylation is 4. The summed E-state index contributed by atoms with van der Waals surface area (Å²) in [6.45, 7) is 9.09. The lowest BCUT2D eigenvalue weighted by Gasteiger charge is -2.27. The quantitative estimate of drug-likeness (QED) is 0.0356. The molecule has 418 valence electrons. The monoisotopic (exact) mass is 1110 g/mol. The molecule has 0 saturated carbocycles. The maximum Gasteiger partial charge on any atom is 0.164 e. The standard InChI is InChI=1S/C78H86N2S2/c1-7-11-22-61-38-48-71(49-39-61)79(72-50-40-62(41-51-72)23-12-8-2)75-54-46-69(77(57-75)81(5)59-67-26-17-15-18-27-67)44-36-64-32-34-65(35-33-64)37-45-70-47-55-76(58-78(70)82(6)60-68-28-19-16-20-29-68)80(73-52-42-63(43-53-73)24-13-9-3)74-31-21-30-66(56-74)25-14-10-4/h15-21,26-58H,7-14,22-25,59-60H2,1-6H3/q+2/b44-36+,45-37+. The molecule has 2 unspecified atom stereocenters. The highest BCUT2D eigenvalue weighted by Gasteiger charge is 2.25. The van der Waals surface area contributed by atoms with E-state index in [0.717, 1.165) is 37.2 Å². The van der Waals surface area contributed by atoms with E-state index in [1.165, 1.54) is 151 Å². The Kier molecular flexibility index (Phi) is 22.2. The van der Waals surface area contributed by atoms with Gasteiger partial charge in [-0.25, -0.2) is 0 Å². The van der Waals surface area contributed by atoms with Gasteiger partial charge in [0.1, 0.15) is 24.0 Å². The van der Waals surface area contributed by atoms with Gasteiger partial charge in [0.25, 0.3) is 0 Å². The van der Waals surface area contributed by atoms with Gasteiger partial charge in [-0.1, -0.05) is 199 Å². The highest BCUT2D eigenvalue weighted by Crippen LogP contribution is 2.40. The first kappa shape index (κ1) is 59.4. The summed E-state index contributed by atoms with van der Waals surface area (Å²) in [6, 6.07) is 82.4. The van der Waals surface area contributed by atoms with Crippen LogP contribution in [0, 0.1) is 0 Å². The van der Waals surface area contributed by atoms with E-state index in [0.29, 0.717) is 0 Å². The fourth-order valence-corrected chi connectivity index (χ4v) is 14.2. The third-order valence-corrected chi connectivity index (χ3v) is 19.3. The zero-order chi connectivity index (χ0) is 56.9. The SMILES string of the molecule is CCCCc1ccc(N(c2ccc(CCCC)cc2)c2ccc(/C=C/c3ccc(/C=C/c4ccc(N(c5ccc(CCCC)cc5)c5cccc(CCCC)c5)cc4[S+](C)Cc4ccccc4)cc3)c([S+](C)Cc3ccccc3)c2)cc1. The van der Waals surface area contributed by atoms with E-state index in [1.807, 2.05) is 0 Å². The molecular formula is C78H86N2S2+2.